The molecule has 1 fully saturated rings. The van der Waals surface area contributed by atoms with Gasteiger partial charge in [-0.15, -0.1) is 0 Å². The van der Waals surface area contributed by atoms with E-state index in [0.717, 1.165) is 12.2 Å². The highest BCUT2D eigenvalue weighted by Gasteiger charge is 2.16. The normalized spacial score (nSPS) is 21.1. The van der Waals surface area contributed by atoms with Crippen molar-refractivity contribution in [3.8, 4) is 0 Å². The first-order chi connectivity index (χ1) is 6.75. The second-order valence-electron chi connectivity index (χ2n) is 3.33. The van der Waals surface area contributed by atoms with E-state index in [4.69, 9.17) is 11.6 Å². The van der Waals surface area contributed by atoms with E-state index in [-0.39, 0.29) is 5.82 Å². The van der Waals surface area contributed by atoms with Crippen molar-refractivity contribution in [1.29, 1.82) is 0 Å². The molecule has 0 radical (unpaired) electrons. The topological polar surface area (TPSA) is 12.0 Å². The van der Waals surface area contributed by atoms with E-state index in [1.54, 1.807) is 6.07 Å². The van der Waals surface area contributed by atoms with Crippen LogP contribution in [0.15, 0.2) is 18.2 Å². The van der Waals surface area contributed by atoms with Crippen LogP contribution in [-0.2, 0) is 0 Å². The van der Waals surface area contributed by atoms with Crippen molar-refractivity contribution >= 4 is 29.1 Å². The zero-order chi connectivity index (χ0) is 9.97. The summed E-state index contributed by atoms with van der Waals surface area (Å²) in [6.45, 7) is 0. The fourth-order valence-electron chi connectivity index (χ4n) is 1.48. The molecule has 4 heteroatoms. The molecule has 1 unspecified atom stereocenters. The summed E-state index contributed by atoms with van der Waals surface area (Å²) in [6, 6.07) is 4.84. The molecule has 0 bridgehead atoms. The third-order valence-corrected chi connectivity index (χ3v) is 3.71. The number of nitrogens with one attached hydrogen (secondary N) is 1. The molecular formula is C10H11ClFNS. The van der Waals surface area contributed by atoms with Gasteiger partial charge >= 0.3 is 0 Å². The molecule has 2 rings (SSSR count). The molecule has 0 amide bonds. The minimum absolute atomic E-state index is 0.248. The van der Waals surface area contributed by atoms with Gasteiger partial charge in [0.25, 0.3) is 0 Å². The summed E-state index contributed by atoms with van der Waals surface area (Å²) >= 11 is 7.85. The zero-order valence-corrected chi connectivity index (χ0v) is 9.17. The van der Waals surface area contributed by atoms with E-state index in [1.807, 2.05) is 11.8 Å². The van der Waals surface area contributed by atoms with Gasteiger partial charge in [-0.05, 0) is 30.4 Å². The van der Waals surface area contributed by atoms with Crippen LogP contribution < -0.4 is 5.32 Å². The maximum atomic E-state index is 12.9. The SMILES string of the molecule is Fc1ccc(Cl)c(NC2CCSC2)c1. The number of hydrogen-bond donors (Lipinski definition) is 1. The van der Waals surface area contributed by atoms with Crippen LogP contribution in [0.1, 0.15) is 6.42 Å². The lowest BCUT2D eigenvalue weighted by molar-refractivity contribution is 0.628. The van der Waals surface area contributed by atoms with Crippen LogP contribution in [0, 0.1) is 5.82 Å². The Hall–Kier alpha value is -0.410. The fourth-order valence-corrected chi connectivity index (χ4v) is 2.80. The van der Waals surface area contributed by atoms with Crippen LogP contribution in [-0.4, -0.2) is 17.5 Å². The summed E-state index contributed by atoms with van der Waals surface area (Å²) in [5.74, 6) is 2.00. The Bertz CT molecular complexity index is 326. The molecule has 1 aromatic carbocycles. The minimum atomic E-state index is -0.248. The standard InChI is InChI=1S/C10H11ClFNS/c11-9-2-1-7(12)5-10(9)13-8-3-4-14-6-8/h1-2,5,8,13H,3-4,6H2. The van der Waals surface area contributed by atoms with Gasteiger partial charge in [0.1, 0.15) is 5.82 Å². The predicted molar refractivity (Wildman–Crippen MR) is 60.8 cm³/mol. The lowest BCUT2D eigenvalue weighted by Crippen LogP contribution is -2.18. The predicted octanol–water partition coefficient (Wildman–Crippen LogP) is 3.40. The summed E-state index contributed by atoms with van der Waals surface area (Å²) in [6.07, 6.45) is 1.12. The van der Waals surface area contributed by atoms with Crippen LogP contribution in [0.5, 0.6) is 0 Å². The average Bonchev–Trinajstić information content (AvgIpc) is 2.64. The van der Waals surface area contributed by atoms with Gasteiger partial charge in [-0.2, -0.15) is 11.8 Å². The van der Waals surface area contributed by atoms with E-state index >= 15 is 0 Å². The highest BCUT2D eigenvalue weighted by atomic mass is 35.5. The summed E-state index contributed by atoms with van der Waals surface area (Å²) in [5.41, 5.74) is 0.708. The van der Waals surface area contributed by atoms with Crippen molar-refractivity contribution in [2.24, 2.45) is 0 Å². The largest absolute Gasteiger partial charge is 0.380 e. The molecule has 1 atom stereocenters. The molecule has 0 aromatic heterocycles. The first-order valence-corrected chi connectivity index (χ1v) is 6.08. The van der Waals surface area contributed by atoms with Gasteiger partial charge < -0.3 is 5.32 Å². The molecule has 1 aliphatic heterocycles. The summed E-state index contributed by atoms with van der Waals surface area (Å²) in [5, 5.41) is 3.84. The Morgan fingerprint density at radius 3 is 3.07 bits per heavy atom. The van der Waals surface area contributed by atoms with Crippen molar-refractivity contribution in [3.63, 3.8) is 0 Å². The number of rotatable bonds is 2. The monoisotopic (exact) mass is 231 g/mol. The van der Waals surface area contributed by atoms with E-state index in [9.17, 15) is 4.39 Å². The first-order valence-electron chi connectivity index (χ1n) is 4.55. The van der Waals surface area contributed by atoms with Gasteiger partial charge in [-0.3, -0.25) is 0 Å². The Kier molecular flexibility index (Phi) is 3.19. The highest BCUT2D eigenvalue weighted by Crippen LogP contribution is 2.26. The maximum absolute atomic E-state index is 12.9. The summed E-state index contributed by atoms with van der Waals surface area (Å²) < 4.78 is 12.9. The van der Waals surface area contributed by atoms with E-state index in [0.29, 0.717) is 16.8 Å². The molecule has 0 spiro atoms. The molecule has 1 aliphatic rings. The second kappa shape index (κ2) is 4.41. The summed E-state index contributed by atoms with van der Waals surface area (Å²) in [7, 11) is 0. The number of hydrogen-bond acceptors (Lipinski definition) is 2. The Morgan fingerprint density at radius 2 is 2.36 bits per heavy atom. The van der Waals surface area contributed by atoms with E-state index < -0.39 is 0 Å². The fraction of sp³-hybridized carbons (Fsp3) is 0.400. The zero-order valence-electron chi connectivity index (χ0n) is 7.59. The lowest BCUT2D eigenvalue weighted by Gasteiger charge is -2.13. The van der Waals surface area contributed by atoms with Crippen LogP contribution in [0.3, 0.4) is 0 Å². The summed E-state index contributed by atoms with van der Waals surface area (Å²) in [4.78, 5) is 0. The molecule has 14 heavy (non-hydrogen) atoms. The quantitative estimate of drug-likeness (QED) is 0.838. The smallest absolute Gasteiger partial charge is 0.125 e. The molecule has 1 nitrogen and oxygen atoms in total. The van der Waals surface area contributed by atoms with Crippen molar-refractivity contribution in [2.75, 3.05) is 16.8 Å². The third kappa shape index (κ3) is 2.34. The third-order valence-electron chi connectivity index (χ3n) is 2.22. The van der Waals surface area contributed by atoms with Gasteiger partial charge in [0.05, 0.1) is 10.7 Å². The Morgan fingerprint density at radius 1 is 1.50 bits per heavy atom. The molecule has 76 valence electrons. The molecule has 0 saturated carbocycles. The minimum Gasteiger partial charge on any atom is -0.380 e. The van der Waals surface area contributed by atoms with Gasteiger partial charge in [0.15, 0.2) is 0 Å². The molecule has 1 N–H and O–H groups in total. The van der Waals surface area contributed by atoms with Crippen LogP contribution in [0.25, 0.3) is 0 Å². The molecular weight excluding hydrogens is 221 g/mol. The van der Waals surface area contributed by atoms with Gasteiger partial charge in [0, 0.05) is 11.8 Å². The average molecular weight is 232 g/mol. The first kappa shape index (κ1) is 10.1. The maximum Gasteiger partial charge on any atom is 0.125 e. The van der Waals surface area contributed by atoms with Gasteiger partial charge in [-0.1, -0.05) is 11.6 Å². The van der Waals surface area contributed by atoms with Crippen molar-refractivity contribution in [3.05, 3.63) is 29.0 Å². The van der Waals surface area contributed by atoms with Crippen molar-refractivity contribution in [2.45, 2.75) is 12.5 Å². The van der Waals surface area contributed by atoms with Crippen molar-refractivity contribution < 1.29 is 4.39 Å². The number of thioether (sulfide) groups is 1. The van der Waals surface area contributed by atoms with Gasteiger partial charge in [0.2, 0.25) is 0 Å². The van der Waals surface area contributed by atoms with Crippen LogP contribution in [0.2, 0.25) is 5.02 Å². The van der Waals surface area contributed by atoms with E-state index in [2.05, 4.69) is 5.32 Å². The van der Waals surface area contributed by atoms with Gasteiger partial charge in [-0.25, -0.2) is 4.39 Å². The molecule has 1 aromatic rings. The molecule has 0 aliphatic carbocycles. The number of halogens is 2. The lowest BCUT2D eigenvalue weighted by atomic mass is 10.2. The molecule has 1 saturated heterocycles. The van der Waals surface area contributed by atoms with E-state index in [1.165, 1.54) is 17.9 Å². The second-order valence-corrected chi connectivity index (χ2v) is 4.89. The van der Waals surface area contributed by atoms with Crippen LogP contribution in [0.4, 0.5) is 10.1 Å². The number of anilines is 1. The Balaban J connectivity index is 2.10. The van der Waals surface area contributed by atoms with Crippen LogP contribution >= 0.6 is 23.4 Å². The highest BCUT2D eigenvalue weighted by molar-refractivity contribution is 7.99. The molecule has 1 heterocycles. The Labute approximate surface area is 92.0 Å². The van der Waals surface area contributed by atoms with Crippen molar-refractivity contribution in [1.82, 2.24) is 0 Å². The number of benzene rings is 1.